The van der Waals surface area contributed by atoms with Crippen LogP contribution in [0.25, 0.3) is 0 Å². The molecule has 0 amide bonds. The van der Waals surface area contributed by atoms with Gasteiger partial charge in [0.05, 0.1) is 4.90 Å². The maximum Gasteiger partial charge on any atom is 0.240 e. The molecule has 0 spiro atoms. The first kappa shape index (κ1) is 19.7. The number of fused-ring (bicyclic) bond motifs is 1. The number of hydrogen-bond donors (Lipinski definition) is 1. The Morgan fingerprint density at radius 3 is 2.50 bits per heavy atom. The molecule has 0 saturated carbocycles. The van der Waals surface area contributed by atoms with E-state index in [9.17, 15) is 8.42 Å². The largest absolute Gasteiger partial charge is 0.486 e. The molecule has 0 bridgehead atoms. The zero-order valence-electron chi connectivity index (χ0n) is 15.8. The van der Waals surface area contributed by atoms with Crippen LogP contribution in [0.2, 0.25) is 0 Å². The molecule has 6 nitrogen and oxygen atoms in total. The molecule has 1 N–H and O–H groups in total. The number of sulfonamides is 1. The highest BCUT2D eigenvalue weighted by molar-refractivity contribution is 7.89. The molecule has 1 aromatic heterocycles. The van der Waals surface area contributed by atoms with E-state index < -0.39 is 10.0 Å². The third-order valence-electron chi connectivity index (χ3n) is 5.30. The van der Waals surface area contributed by atoms with Gasteiger partial charge in [-0.25, -0.2) is 13.1 Å². The molecule has 1 aromatic carbocycles. The summed E-state index contributed by atoms with van der Waals surface area (Å²) in [5.74, 6) is 1.07. The van der Waals surface area contributed by atoms with Gasteiger partial charge in [-0.3, -0.25) is 4.90 Å². The summed E-state index contributed by atoms with van der Waals surface area (Å²) >= 11 is 1.65. The van der Waals surface area contributed by atoms with E-state index in [1.807, 2.05) is 0 Å². The first-order valence-electron chi connectivity index (χ1n) is 9.79. The molecule has 1 atom stereocenters. The van der Waals surface area contributed by atoms with Gasteiger partial charge >= 0.3 is 0 Å². The second-order valence-electron chi connectivity index (χ2n) is 7.18. The molecular weight excluding hydrogens is 396 g/mol. The van der Waals surface area contributed by atoms with Crippen molar-refractivity contribution in [1.82, 2.24) is 9.62 Å². The Bertz CT molecular complexity index is 876. The molecule has 2 aliphatic rings. The predicted octanol–water partition coefficient (Wildman–Crippen LogP) is 3.41. The summed E-state index contributed by atoms with van der Waals surface area (Å²) in [4.78, 5) is 2.62. The van der Waals surface area contributed by atoms with Gasteiger partial charge in [-0.1, -0.05) is 12.8 Å². The molecule has 2 aromatic rings. The minimum Gasteiger partial charge on any atom is -0.486 e. The van der Waals surface area contributed by atoms with Crippen LogP contribution in [-0.4, -0.2) is 46.2 Å². The van der Waals surface area contributed by atoms with Crippen LogP contribution >= 0.6 is 11.3 Å². The molecule has 0 radical (unpaired) electrons. The lowest BCUT2D eigenvalue weighted by molar-refractivity contribution is 0.171. The van der Waals surface area contributed by atoms with Gasteiger partial charge in [0, 0.05) is 18.7 Å². The lowest BCUT2D eigenvalue weighted by Crippen LogP contribution is -2.38. The van der Waals surface area contributed by atoms with E-state index in [0.717, 1.165) is 25.9 Å². The van der Waals surface area contributed by atoms with Crippen LogP contribution in [-0.2, 0) is 10.0 Å². The third-order valence-corrected chi connectivity index (χ3v) is 7.42. The van der Waals surface area contributed by atoms with Crippen LogP contribution in [0.4, 0.5) is 0 Å². The van der Waals surface area contributed by atoms with Crippen LogP contribution in [0, 0.1) is 0 Å². The standard InChI is InChI=1S/C20H26N2O4S2/c23-28(24,17-5-6-19-20(13-17)26-11-10-25-19)21-14-18(16-7-12-27-15-16)22-8-3-1-2-4-9-22/h5-7,12-13,15,18,21H,1-4,8-11,14H2. The molecule has 152 valence electrons. The third kappa shape index (κ3) is 4.51. The van der Waals surface area contributed by atoms with Gasteiger partial charge in [0.2, 0.25) is 10.0 Å². The quantitative estimate of drug-likeness (QED) is 0.773. The Labute approximate surface area is 170 Å². The fraction of sp³-hybridized carbons (Fsp3) is 0.500. The van der Waals surface area contributed by atoms with Gasteiger partial charge in [-0.05, 0) is 60.5 Å². The number of rotatable bonds is 6. The van der Waals surface area contributed by atoms with Crippen LogP contribution in [0.1, 0.15) is 37.3 Å². The van der Waals surface area contributed by atoms with Crippen LogP contribution in [0.5, 0.6) is 11.5 Å². The minimum absolute atomic E-state index is 0.0522. The van der Waals surface area contributed by atoms with Crippen molar-refractivity contribution in [2.24, 2.45) is 0 Å². The zero-order valence-corrected chi connectivity index (χ0v) is 17.4. The van der Waals surface area contributed by atoms with Crippen molar-refractivity contribution in [3.8, 4) is 11.5 Å². The second kappa shape index (κ2) is 8.82. The van der Waals surface area contributed by atoms with E-state index in [-0.39, 0.29) is 10.9 Å². The summed E-state index contributed by atoms with van der Waals surface area (Å²) in [6, 6.07) is 6.92. The molecule has 28 heavy (non-hydrogen) atoms. The summed E-state index contributed by atoms with van der Waals surface area (Å²) in [5, 5.41) is 4.17. The van der Waals surface area contributed by atoms with Gasteiger partial charge < -0.3 is 9.47 Å². The summed E-state index contributed by atoms with van der Waals surface area (Å²) < 4.78 is 39.7. The van der Waals surface area contributed by atoms with E-state index >= 15 is 0 Å². The number of nitrogens with zero attached hydrogens (tertiary/aromatic N) is 1. The van der Waals surface area contributed by atoms with Gasteiger partial charge in [-0.15, -0.1) is 0 Å². The Morgan fingerprint density at radius 1 is 1.04 bits per heavy atom. The summed E-state index contributed by atoms with van der Waals surface area (Å²) in [7, 11) is -3.64. The predicted molar refractivity (Wildman–Crippen MR) is 110 cm³/mol. The lowest BCUT2D eigenvalue weighted by atomic mass is 10.1. The molecule has 3 heterocycles. The van der Waals surface area contributed by atoms with Gasteiger partial charge in [0.25, 0.3) is 0 Å². The van der Waals surface area contributed by atoms with Crippen molar-refractivity contribution in [1.29, 1.82) is 0 Å². The fourth-order valence-electron chi connectivity index (χ4n) is 3.79. The van der Waals surface area contributed by atoms with Crippen molar-refractivity contribution in [3.05, 3.63) is 40.6 Å². The Hall–Kier alpha value is -1.61. The van der Waals surface area contributed by atoms with Gasteiger partial charge in [0.15, 0.2) is 11.5 Å². The van der Waals surface area contributed by atoms with E-state index in [4.69, 9.17) is 9.47 Å². The smallest absolute Gasteiger partial charge is 0.240 e. The first-order chi connectivity index (χ1) is 13.6. The second-order valence-corrected chi connectivity index (χ2v) is 9.73. The Morgan fingerprint density at radius 2 is 1.79 bits per heavy atom. The Balaban J connectivity index is 1.51. The number of ether oxygens (including phenoxy) is 2. The highest BCUT2D eigenvalue weighted by atomic mass is 32.2. The SMILES string of the molecule is O=S(=O)(NCC(c1ccsc1)N1CCCCCC1)c1ccc2c(c1)OCCO2. The number of benzene rings is 1. The molecule has 1 unspecified atom stereocenters. The van der Waals surface area contributed by atoms with Crippen molar-refractivity contribution in [3.63, 3.8) is 0 Å². The normalized spacial score (nSPS) is 19.1. The average molecular weight is 423 g/mol. The topological polar surface area (TPSA) is 67.9 Å². The Kier molecular flexibility index (Phi) is 6.20. The van der Waals surface area contributed by atoms with Crippen molar-refractivity contribution in [2.75, 3.05) is 32.8 Å². The zero-order chi connectivity index (χ0) is 19.4. The molecule has 4 rings (SSSR count). The average Bonchev–Trinajstić information content (AvgIpc) is 3.10. The highest BCUT2D eigenvalue weighted by Gasteiger charge is 2.25. The van der Waals surface area contributed by atoms with Crippen LogP contribution in [0.3, 0.4) is 0 Å². The summed E-state index contributed by atoms with van der Waals surface area (Å²) in [6.45, 7) is 3.28. The molecule has 8 heteroatoms. The van der Waals surface area contributed by atoms with Crippen LogP contribution < -0.4 is 14.2 Å². The van der Waals surface area contributed by atoms with E-state index in [1.165, 1.54) is 18.4 Å². The van der Waals surface area contributed by atoms with Gasteiger partial charge in [-0.2, -0.15) is 11.3 Å². The van der Waals surface area contributed by atoms with E-state index in [1.54, 1.807) is 29.5 Å². The molecule has 1 saturated heterocycles. The van der Waals surface area contributed by atoms with Crippen molar-refractivity contribution < 1.29 is 17.9 Å². The van der Waals surface area contributed by atoms with Gasteiger partial charge in [0.1, 0.15) is 13.2 Å². The fourth-order valence-corrected chi connectivity index (χ4v) is 5.55. The first-order valence-corrected chi connectivity index (χ1v) is 12.2. The molecule has 1 fully saturated rings. The summed E-state index contributed by atoms with van der Waals surface area (Å²) in [6.07, 6.45) is 4.82. The van der Waals surface area contributed by atoms with E-state index in [0.29, 0.717) is 31.3 Å². The number of likely N-dealkylation sites (tertiary alicyclic amines) is 1. The number of hydrogen-bond acceptors (Lipinski definition) is 6. The lowest BCUT2D eigenvalue weighted by Gasteiger charge is -2.30. The number of nitrogens with one attached hydrogen (secondary N) is 1. The summed E-state index contributed by atoms with van der Waals surface area (Å²) in [5.41, 5.74) is 1.18. The van der Waals surface area contributed by atoms with Crippen molar-refractivity contribution >= 4 is 21.4 Å². The van der Waals surface area contributed by atoms with Crippen LogP contribution in [0.15, 0.2) is 39.9 Å². The molecular formula is C20H26N2O4S2. The number of thiophene rings is 1. The molecule has 0 aliphatic carbocycles. The van der Waals surface area contributed by atoms with Crippen molar-refractivity contribution in [2.45, 2.75) is 36.6 Å². The maximum absolute atomic E-state index is 12.9. The van der Waals surface area contributed by atoms with E-state index in [2.05, 4.69) is 26.4 Å². The molecule has 2 aliphatic heterocycles. The highest BCUT2D eigenvalue weighted by Crippen LogP contribution is 2.32. The monoisotopic (exact) mass is 422 g/mol. The minimum atomic E-state index is -3.64. The maximum atomic E-state index is 12.9.